The first-order valence-electron chi connectivity index (χ1n) is 9.64. The maximum atomic E-state index is 11.3. The van der Waals surface area contributed by atoms with Gasteiger partial charge in [0.25, 0.3) is 0 Å². The highest BCUT2D eigenvalue weighted by Crippen LogP contribution is 2.33. The molecule has 1 heterocycles. The van der Waals surface area contributed by atoms with Crippen molar-refractivity contribution in [3.8, 4) is 5.75 Å². The lowest BCUT2D eigenvalue weighted by Gasteiger charge is -2.07. The van der Waals surface area contributed by atoms with Crippen LogP contribution < -0.4 is 10.1 Å². The minimum atomic E-state index is -0.0131. The molecule has 0 aliphatic heterocycles. The third-order valence-electron chi connectivity index (χ3n) is 4.98. The van der Waals surface area contributed by atoms with Crippen LogP contribution in [0.25, 0.3) is 11.0 Å². The normalized spacial score (nSPS) is 13.7. The molecule has 0 unspecified atom stereocenters. The molecule has 27 heavy (non-hydrogen) atoms. The molecule has 1 amide bonds. The predicted octanol–water partition coefficient (Wildman–Crippen LogP) is 4.49. The van der Waals surface area contributed by atoms with Gasteiger partial charge in [-0.15, -0.1) is 0 Å². The van der Waals surface area contributed by atoms with E-state index in [9.17, 15) is 4.79 Å². The largest absolute Gasteiger partial charge is 0.493 e. The highest BCUT2D eigenvalue weighted by molar-refractivity contribution is 5.84. The van der Waals surface area contributed by atoms with Crippen LogP contribution in [0.2, 0.25) is 0 Å². The number of carbonyl (C=O) groups is 1. The molecule has 4 heteroatoms. The topological polar surface area (TPSA) is 51.5 Å². The lowest BCUT2D eigenvalue weighted by atomic mass is 10.0. The summed E-state index contributed by atoms with van der Waals surface area (Å²) in [6.07, 6.45) is 4.03. The van der Waals surface area contributed by atoms with Crippen molar-refractivity contribution < 1.29 is 13.9 Å². The second kappa shape index (κ2) is 7.87. The first kappa shape index (κ1) is 17.7. The van der Waals surface area contributed by atoms with Gasteiger partial charge < -0.3 is 14.5 Å². The third kappa shape index (κ3) is 4.51. The predicted molar refractivity (Wildman–Crippen MR) is 106 cm³/mol. The lowest BCUT2D eigenvalue weighted by molar-refractivity contribution is -0.118. The van der Waals surface area contributed by atoms with Crippen molar-refractivity contribution in [1.82, 2.24) is 5.32 Å². The van der Waals surface area contributed by atoms with Crippen LogP contribution in [0.5, 0.6) is 5.75 Å². The van der Waals surface area contributed by atoms with Gasteiger partial charge in [-0.1, -0.05) is 30.3 Å². The summed E-state index contributed by atoms with van der Waals surface area (Å²) >= 11 is 0. The molecule has 1 saturated carbocycles. The fraction of sp³-hybridized carbons (Fsp3) is 0.348. The van der Waals surface area contributed by atoms with E-state index in [1.807, 2.05) is 30.3 Å². The van der Waals surface area contributed by atoms with Crippen molar-refractivity contribution in [3.05, 3.63) is 65.4 Å². The van der Waals surface area contributed by atoms with Crippen molar-refractivity contribution in [1.29, 1.82) is 0 Å². The van der Waals surface area contributed by atoms with E-state index in [0.717, 1.165) is 53.4 Å². The molecule has 0 saturated heterocycles. The smallest absolute Gasteiger partial charge is 0.216 e. The quantitative estimate of drug-likeness (QED) is 0.641. The summed E-state index contributed by atoms with van der Waals surface area (Å²) in [5, 5.41) is 3.97. The zero-order valence-corrected chi connectivity index (χ0v) is 15.7. The van der Waals surface area contributed by atoms with Crippen LogP contribution in [0.1, 0.15) is 36.7 Å². The molecule has 140 valence electrons. The van der Waals surface area contributed by atoms with Crippen LogP contribution in [-0.4, -0.2) is 19.1 Å². The maximum absolute atomic E-state index is 11.3. The average Bonchev–Trinajstić information content (AvgIpc) is 3.44. The molecule has 2 aromatic carbocycles. The molecule has 1 N–H and O–H groups in total. The fourth-order valence-electron chi connectivity index (χ4n) is 3.33. The Morgan fingerprint density at radius 2 is 2.00 bits per heavy atom. The summed E-state index contributed by atoms with van der Waals surface area (Å²) in [4.78, 5) is 11.3. The van der Waals surface area contributed by atoms with E-state index >= 15 is 0 Å². The standard InChI is InChI=1S/C23H25NO3/c1-16(25)24-12-11-20-21-14-19(26-15-18-7-8-18)9-10-22(21)27-23(20)13-17-5-3-2-4-6-17/h2-6,9-10,14,18H,7-8,11-13,15H2,1H3,(H,24,25). The van der Waals surface area contributed by atoms with Gasteiger partial charge in [-0.2, -0.15) is 0 Å². The number of hydrogen-bond acceptors (Lipinski definition) is 3. The van der Waals surface area contributed by atoms with Crippen molar-refractivity contribution in [2.75, 3.05) is 13.2 Å². The Labute approximate surface area is 159 Å². The first-order chi connectivity index (χ1) is 13.2. The number of carbonyl (C=O) groups excluding carboxylic acids is 1. The molecule has 0 radical (unpaired) electrons. The van der Waals surface area contributed by atoms with Gasteiger partial charge in [0, 0.05) is 30.8 Å². The van der Waals surface area contributed by atoms with E-state index < -0.39 is 0 Å². The SMILES string of the molecule is CC(=O)NCCc1c(Cc2ccccc2)oc2ccc(OCC3CC3)cc12. The lowest BCUT2D eigenvalue weighted by Crippen LogP contribution is -2.22. The Bertz CT molecular complexity index is 925. The molecule has 0 bridgehead atoms. The summed E-state index contributed by atoms with van der Waals surface area (Å²) in [5.41, 5.74) is 3.24. The monoisotopic (exact) mass is 363 g/mol. The van der Waals surface area contributed by atoms with Gasteiger partial charge in [-0.3, -0.25) is 4.79 Å². The van der Waals surface area contributed by atoms with E-state index in [-0.39, 0.29) is 5.91 Å². The summed E-state index contributed by atoms with van der Waals surface area (Å²) in [7, 11) is 0. The van der Waals surface area contributed by atoms with Crippen molar-refractivity contribution in [3.63, 3.8) is 0 Å². The molecule has 4 nitrogen and oxygen atoms in total. The number of nitrogens with one attached hydrogen (secondary N) is 1. The van der Waals surface area contributed by atoms with Crippen molar-refractivity contribution in [2.24, 2.45) is 5.92 Å². The number of fused-ring (bicyclic) bond motifs is 1. The fourth-order valence-corrected chi connectivity index (χ4v) is 3.33. The minimum Gasteiger partial charge on any atom is -0.493 e. The van der Waals surface area contributed by atoms with Crippen molar-refractivity contribution >= 4 is 16.9 Å². The Morgan fingerprint density at radius 1 is 1.19 bits per heavy atom. The van der Waals surface area contributed by atoms with E-state index in [2.05, 4.69) is 23.5 Å². The van der Waals surface area contributed by atoms with Gasteiger partial charge in [0.2, 0.25) is 5.91 Å². The Balaban J connectivity index is 1.62. The van der Waals surface area contributed by atoms with Crippen LogP contribution in [0.15, 0.2) is 52.9 Å². The van der Waals surface area contributed by atoms with Crippen LogP contribution >= 0.6 is 0 Å². The van der Waals surface area contributed by atoms with Gasteiger partial charge in [-0.25, -0.2) is 0 Å². The number of benzene rings is 2. The number of furan rings is 1. The van der Waals surface area contributed by atoms with Crippen LogP contribution in [0.4, 0.5) is 0 Å². The summed E-state index contributed by atoms with van der Waals surface area (Å²) < 4.78 is 12.1. The maximum Gasteiger partial charge on any atom is 0.216 e. The van der Waals surface area contributed by atoms with Gasteiger partial charge in [0.05, 0.1) is 6.61 Å². The van der Waals surface area contributed by atoms with Crippen LogP contribution in [-0.2, 0) is 17.6 Å². The summed E-state index contributed by atoms with van der Waals surface area (Å²) in [6.45, 7) is 2.93. The summed E-state index contributed by atoms with van der Waals surface area (Å²) in [5.74, 6) is 2.56. The minimum absolute atomic E-state index is 0.0131. The molecule has 1 aliphatic rings. The zero-order valence-electron chi connectivity index (χ0n) is 15.7. The Morgan fingerprint density at radius 3 is 2.74 bits per heavy atom. The molecule has 1 aliphatic carbocycles. The first-order valence-corrected chi connectivity index (χ1v) is 9.64. The zero-order chi connectivity index (χ0) is 18.6. The highest BCUT2D eigenvalue weighted by atomic mass is 16.5. The van der Waals surface area contributed by atoms with E-state index in [4.69, 9.17) is 9.15 Å². The van der Waals surface area contributed by atoms with E-state index in [0.29, 0.717) is 6.54 Å². The molecule has 0 spiro atoms. The molecular weight excluding hydrogens is 338 g/mol. The number of hydrogen-bond donors (Lipinski definition) is 1. The third-order valence-corrected chi connectivity index (χ3v) is 4.98. The van der Waals surface area contributed by atoms with Crippen molar-refractivity contribution in [2.45, 2.75) is 32.6 Å². The molecule has 3 aromatic rings. The van der Waals surface area contributed by atoms with Crippen LogP contribution in [0, 0.1) is 5.92 Å². The number of rotatable bonds is 8. The summed E-state index contributed by atoms with van der Waals surface area (Å²) in [6, 6.07) is 16.4. The highest BCUT2D eigenvalue weighted by Gasteiger charge is 2.22. The number of ether oxygens (including phenoxy) is 1. The van der Waals surface area contributed by atoms with Gasteiger partial charge in [0.15, 0.2) is 0 Å². The second-order valence-electron chi connectivity index (χ2n) is 7.31. The molecule has 0 atom stereocenters. The van der Waals surface area contributed by atoms with E-state index in [1.165, 1.54) is 18.4 Å². The molecule has 1 aromatic heterocycles. The molecule has 1 fully saturated rings. The Kier molecular flexibility index (Phi) is 5.14. The van der Waals surface area contributed by atoms with E-state index in [1.54, 1.807) is 6.92 Å². The molecule has 4 rings (SSSR count). The second-order valence-corrected chi connectivity index (χ2v) is 7.31. The molecular formula is C23H25NO3. The van der Waals surface area contributed by atoms with Gasteiger partial charge in [-0.05, 0) is 48.9 Å². The van der Waals surface area contributed by atoms with Crippen LogP contribution in [0.3, 0.4) is 0 Å². The van der Waals surface area contributed by atoms with Gasteiger partial charge in [0.1, 0.15) is 17.1 Å². The number of amides is 1. The average molecular weight is 363 g/mol. The van der Waals surface area contributed by atoms with Gasteiger partial charge >= 0.3 is 0 Å². The Hall–Kier alpha value is -2.75.